The first-order chi connectivity index (χ1) is 16.6. The largest absolute Gasteiger partial charge is 0.508 e. The number of nitrogens with zero attached hydrogens (tertiary/aromatic N) is 3. The fourth-order valence-corrected chi connectivity index (χ4v) is 4.79. The highest BCUT2D eigenvalue weighted by atomic mass is 16.5. The van der Waals surface area contributed by atoms with Gasteiger partial charge in [0.05, 0.1) is 24.4 Å². The molecule has 5 rings (SSSR count). The van der Waals surface area contributed by atoms with Crippen LogP contribution in [-0.4, -0.2) is 57.9 Å². The Balaban J connectivity index is 1.15. The number of methoxy groups -OCH3 is 1. The van der Waals surface area contributed by atoms with Gasteiger partial charge in [-0.1, -0.05) is 18.2 Å². The number of benzene rings is 2. The first-order valence-electron chi connectivity index (χ1n) is 11.7. The van der Waals surface area contributed by atoms with Crippen molar-refractivity contribution < 1.29 is 14.9 Å². The number of pyridine rings is 2. The van der Waals surface area contributed by atoms with Gasteiger partial charge in [0.1, 0.15) is 17.0 Å². The number of aliphatic hydroxyl groups is 1. The zero-order valence-electron chi connectivity index (χ0n) is 19.3. The molecule has 176 valence electrons. The zero-order valence-corrected chi connectivity index (χ0v) is 19.3. The standard InChI is InChI=1S/C27H30N4O3/c1-34-26-4-2-3-23-22(9-12-28-27(23)26)25(33)17-31-13-10-19(11-14-31)29-16-20-6-5-18-15-21(32)7-8-24(18)30-20/h2-9,12,15,19,25,29,32-33H,10-11,13-14,16-17H2,1H3/t25-/m1/s1. The summed E-state index contributed by atoms with van der Waals surface area (Å²) in [5.41, 5.74) is 3.56. The highest BCUT2D eigenvalue weighted by Gasteiger charge is 2.22. The maximum Gasteiger partial charge on any atom is 0.145 e. The molecule has 0 spiro atoms. The van der Waals surface area contributed by atoms with Crippen molar-refractivity contribution in [2.24, 2.45) is 0 Å². The van der Waals surface area contributed by atoms with E-state index in [1.54, 1.807) is 25.4 Å². The quantitative estimate of drug-likeness (QED) is 0.388. The van der Waals surface area contributed by atoms with E-state index in [4.69, 9.17) is 9.72 Å². The molecule has 0 radical (unpaired) electrons. The number of aliphatic hydroxyl groups excluding tert-OH is 1. The minimum absolute atomic E-state index is 0.258. The van der Waals surface area contributed by atoms with Crippen molar-refractivity contribution in [3.8, 4) is 11.5 Å². The number of phenolic OH excluding ortho intramolecular Hbond substituents is 1. The molecule has 0 bridgehead atoms. The van der Waals surface area contributed by atoms with E-state index in [0.717, 1.165) is 71.3 Å². The summed E-state index contributed by atoms with van der Waals surface area (Å²) in [5, 5.41) is 26.1. The summed E-state index contributed by atoms with van der Waals surface area (Å²) in [5.74, 6) is 0.978. The van der Waals surface area contributed by atoms with Crippen LogP contribution < -0.4 is 10.1 Å². The fraction of sp³-hybridized carbons (Fsp3) is 0.333. The van der Waals surface area contributed by atoms with Crippen LogP contribution in [0.5, 0.6) is 11.5 Å². The van der Waals surface area contributed by atoms with Crippen LogP contribution in [0.15, 0.2) is 60.8 Å². The number of phenols is 1. The van der Waals surface area contributed by atoms with Crippen molar-refractivity contribution in [2.75, 3.05) is 26.7 Å². The predicted octanol–water partition coefficient (Wildman–Crippen LogP) is 3.78. The minimum atomic E-state index is -0.580. The number of ether oxygens (including phenoxy) is 1. The molecule has 2 aromatic heterocycles. The molecular weight excluding hydrogens is 428 g/mol. The first kappa shape index (κ1) is 22.5. The molecular formula is C27H30N4O3. The molecule has 7 heteroatoms. The van der Waals surface area contributed by atoms with Crippen molar-refractivity contribution in [3.63, 3.8) is 0 Å². The number of aromatic nitrogens is 2. The van der Waals surface area contributed by atoms with Gasteiger partial charge in [-0.15, -0.1) is 0 Å². The Labute approximate surface area is 199 Å². The van der Waals surface area contributed by atoms with E-state index in [9.17, 15) is 10.2 Å². The van der Waals surface area contributed by atoms with E-state index < -0.39 is 6.10 Å². The lowest BCUT2D eigenvalue weighted by Crippen LogP contribution is -2.43. The van der Waals surface area contributed by atoms with Crippen molar-refractivity contribution in [1.82, 2.24) is 20.2 Å². The van der Waals surface area contributed by atoms with Gasteiger partial charge in [-0.05, 0) is 67.9 Å². The average Bonchev–Trinajstić information content (AvgIpc) is 2.87. The molecule has 2 aromatic carbocycles. The van der Waals surface area contributed by atoms with Gasteiger partial charge in [0.25, 0.3) is 0 Å². The monoisotopic (exact) mass is 458 g/mol. The summed E-state index contributed by atoms with van der Waals surface area (Å²) in [4.78, 5) is 11.5. The van der Waals surface area contributed by atoms with E-state index in [1.807, 2.05) is 42.5 Å². The Hall–Kier alpha value is -3.26. The number of hydrogen-bond acceptors (Lipinski definition) is 7. The molecule has 1 atom stereocenters. The SMILES string of the molecule is COc1cccc2c([C@H](O)CN3CCC(NCc4ccc5cc(O)ccc5n4)CC3)ccnc12. The van der Waals surface area contributed by atoms with Crippen molar-refractivity contribution >= 4 is 21.8 Å². The molecule has 7 nitrogen and oxygen atoms in total. The van der Waals surface area contributed by atoms with Gasteiger partial charge in [-0.2, -0.15) is 0 Å². The highest BCUT2D eigenvalue weighted by Crippen LogP contribution is 2.29. The van der Waals surface area contributed by atoms with E-state index in [0.29, 0.717) is 12.6 Å². The number of para-hydroxylation sites is 1. The molecule has 1 saturated heterocycles. The van der Waals surface area contributed by atoms with Gasteiger partial charge >= 0.3 is 0 Å². The molecule has 0 aliphatic carbocycles. The molecule has 1 fully saturated rings. The van der Waals surface area contributed by atoms with Gasteiger partial charge < -0.3 is 25.2 Å². The second kappa shape index (κ2) is 9.93. The summed E-state index contributed by atoms with van der Waals surface area (Å²) in [6.45, 7) is 3.19. The van der Waals surface area contributed by atoms with Crippen molar-refractivity contribution in [1.29, 1.82) is 0 Å². The fourth-order valence-electron chi connectivity index (χ4n) is 4.79. The smallest absolute Gasteiger partial charge is 0.145 e. The maximum atomic E-state index is 11.0. The van der Waals surface area contributed by atoms with Gasteiger partial charge in [0, 0.05) is 36.1 Å². The molecule has 0 amide bonds. The highest BCUT2D eigenvalue weighted by molar-refractivity contribution is 5.87. The number of rotatable bonds is 7. The van der Waals surface area contributed by atoms with E-state index in [-0.39, 0.29) is 5.75 Å². The van der Waals surface area contributed by atoms with Crippen molar-refractivity contribution in [2.45, 2.75) is 31.5 Å². The van der Waals surface area contributed by atoms with Crippen LogP contribution in [0.3, 0.4) is 0 Å². The second-order valence-electron chi connectivity index (χ2n) is 8.91. The molecule has 4 aromatic rings. The Morgan fingerprint density at radius 3 is 2.79 bits per heavy atom. The Morgan fingerprint density at radius 1 is 1.12 bits per heavy atom. The number of likely N-dealkylation sites (tertiary alicyclic amines) is 1. The number of fused-ring (bicyclic) bond motifs is 2. The normalized spacial score (nSPS) is 16.2. The molecule has 0 saturated carbocycles. The molecule has 0 unspecified atom stereocenters. The summed E-state index contributed by atoms with van der Waals surface area (Å²) in [6.07, 6.45) is 3.21. The molecule has 1 aliphatic rings. The Morgan fingerprint density at radius 2 is 1.97 bits per heavy atom. The topological polar surface area (TPSA) is 90.7 Å². The lowest BCUT2D eigenvalue weighted by atomic mass is 10.0. The van der Waals surface area contributed by atoms with E-state index >= 15 is 0 Å². The van der Waals surface area contributed by atoms with E-state index in [2.05, 4.69) is 15.2 Å². The van der Waals surface area contributed by atoms with Crippen LogP contribution in [-0.2, 0) is 6.54 Å². The average molecular weight is 459 g/mol. The lowest BCUT2D eigenvalue weighted by molar-refractivity contribution is 0.0948. The van der Waals surface area contributed by atoms with Crippen LogP contribution in [0, 0.1) is 0 Å². The number of nitrogens with one attached hydrogen (secondary N) is 1. The van der Waals surface area contributed by atoms with Gasteiger partial charge in [-0.25, -0.2) is 0 Å². The molecule has 34 heavy (non-hydrogen) atoms. The van der Waals surface area contributed by atoms with Gasteiger partial charge in [0.2, 0.25) is 0 Å². The number of piperidine rings is 1. The summed E-state index contributed by atoms with van der Waals surface area (Å²) < 4.78 is 5.43. The maximum absolute atomic E-state index is 11.0. The summed E-state index contributed by atoms with van der Waals surface area (Å²) in [6, 6.07) is 17.4. The molecule has 3 N–H and O–H groups in total. The van der Waals surface area contributed by atoms with Crippen molar-refractivity contribution in [3.05, 3.63) is 72.1 Å². The zero-order chi connectivity index (χ0) is 23.5. The Kier molecular flexibility index (Phi) is 6.58. The van der Waals surface area contributed by atoms with Crippen LogP contribution >= 0.6 is 0 Å². The number of hydrogen-bond donors (Lipinski definition) is 3. The van der Waals surface area contributed by atoms with Crippen LogP contribution in [0.25, 0.3) is 21.8 Å². The van der Waals surface area contributed by atoms with Gasteiger partial charge in [-0.3, -0.25) is 9.97 Å². The summed E-state index contributed by atoms with van der Waals surface area (Å²) >= 11 is 0. The predicted molar refractivity (Wildman–Crippen MR) is 133 cm³/mol. The Bertz CT molecular complexity index is 1290. The molecule has 1 aliphatic heterocycles. The van der Waals surface area contributed by atoms with E-state index in [1.165, 1.54) is 0 Å². The minimum Gasteiger partial charge on any atom is -0.508 e. The van der Waals surface area contributed by atoms with Gasteiger partial charge in [0.15, 0.2) is 0 Å². The third-order valence-corrected chi connectivity index (χ3v) is 6.67. The summed E-state index contributed by atoms with van der Waals surface area (Å²) in [7, 11) is 1.64. The first-order valence-corrected chi connectivity index (χ1v) is 11.7. The molecule has 3 heterocycles. The third kappa shape index (κ3) is 4.82. The number of β-amino-alcohol motifs (C(OH)–C–C–N with tert-alkyl or cyclic N) is 1. The van der Waals surface area contributed by atoms with Crippen LogP contribution in [0.4, 0.5) is 0 Å². The van der Waals surface area contributed by atoms with Crippen LogP contribution in [0.2, 0.25) is 0 Å². The lowest BCUT2D eigenvalue weighted by Gasteiger charge is -2.33. The second-order valence-corrected chi connectivity index (χ2v) is 8.91. The van der Waals surface area contributed by atoms with Crippen LogP contribution in [0.1, 0.15) is 30.2 Å². The number of aromatic hydroxyl groups is 1. The third-order valence-electron chi connectivity index (χ3n) is 6.67.